The van der Waals surface area contributed by atoms with Crippen molar-refractivity contribution in [3.8, 4) is 0 Å². The number of nitrogens with zero attached hydrogens (tertiary/aromatic N) is 2. The lowest BCUT2D eigenvalue weighted by Crippen LogP contribution is -2.19. The van der Waals surface area contributed by atoms with Gasteiger partial charge in [-0.1, -0.05) is 6.07 Å². The highest BCUT2D eigenvalue weighted by atomic mass is 16.1. The molecule has 0 aliphatic heterocycles. The molecule has 142 valence electrons. The lowest BCUT2D eigenvalue weighted by molar-refractivity contribution is 0.111. The molecule has 0 saturated heterocycles. The number of carbonyl (C=O) groups excluding carboxylic acids is 2. The summed E-state index contributed by atoms with van der Waals surface area (Å²) in [6.45, 7) is 5.83. The van der Waals surface area contributed by atoms with Crippen LogP contribution in [-0.2, 0) is 0 Å². The lowest BCUT2D eigenvalue weighted by atomic mass is 10.1. The SMILES string of the molecule is CCN(c1ccc(C=O)cc1)c1cccc(N(CC)c2ccc(C=O)cc2)c1. The first-order valence-corrected chi connectivity index (χ1v) is 9.45. The Balaban J connectivity index is 1.93. The molecule has 4 heteroatoms. The minimum atomic E-state index is 0.671. The molecule has 0 aliphatic rings. The summed E-state index contributed by atoms with van der Waals surface area (Å²) in [5, 5.41) is 0. The van der Waals surface area contributed by atoms with E-state index in [0.29, 0.717) is 11.1 Å². The van der Waals surface area contributed by atoms with Crippen LogP contribution in [0.25, 0.3) is 0 Å². The van der Waals surface area contributed by atoms with Crippen molar-refractivity contribution in [1.82, 2.24) is 0 Å². The number of anilines is 4. The van der Waals surface area contributed by atoms with Gasteiger partial charge in [-0.2, -0.15) is 0 Å². The first-order chi connectivity index (χ1) is 13.7. The summed E-state index contributed by atoms with van der Waals surface area (Å²) >= 11 is 0. The van der Waals surface area contributed by atoms with Gasteiger partial charge in [-0.3, -0.25) is 9.59 Å². The van der Waals surface area contributed by atoms with Crippen LogP contribution in [0.3, 0.4) is 0 Å². The molecule has 0 bridgehead atoms. The first-order valence-electron chi connectivity index (χ1n) is 9.45. The highest BCUT2D eigenvalue weighted by molar-refractivity contribution is 5.78. The average Bonchev–Trinajstić information content (AvgIpc) is 2.76. The minimum absolute atomic E-state index is 0.671. The van der Waals surface area contributed by atoms with Crippen LogP contribution in [0.2, 0.25) is 0 Å². The van der Waals surface area contributed by atoms with Crippen molar-refractivity contribution >= 4 is 35.3 Å². The monoisotopic (exact) mass is 372 g/mol. The van der Waals surface area contributed by atoms with Crippen molar-refractivity contribution in [3.63, 3.8) is 0 Å². The Morgan fingerprint density at radius 1 is 0.607 bits per heavy atom. The molecule has 0 radical (unpaired) electrons. The Kier molecular flexibility index (Phi) is 6.22. The third kappa shape index (κ3) is 4.12. The van der Waals surface area contributed by atoms with E-state index in [1.165, 1.54) is 0 Å². The molecule has 0 atom stereocenters. The summed E-state index contributed by atoms with van der Waals surface area (Å²) < 4.78 is 0. The molecule has 0 spiro atoms. The second-order valence-corrected chi connectivity index (χ2v) is 6.43. The third-order valence-electron chi connectivity index (χ3n) is 4.77. The van der Waals surface area contributed by atoms with Crippen molar-refractivity contribution in [2.45, 2.75) is 13.8 Å². The largest absolute Gasteiger partial charge is 0.342 e. The van der Waals surface area contributed by atoms with Crippen molar-refractivity contribution in [3.05, 3.63) is 83.9 Å². The quantitative estimate of drug-likeness (QED) is 0.481. The number of carbonyl (C=O) groups is 2. The van der Waals surface area contributed by atoms with E-state index in [1.807, 2.05) is 48.5 Å². The van der Waals surface area contributed by atoms with Crippen molar-refractivity contribution in [2.75, 3.05) is 22.9 Å². The van der Waals surface area contributed by atoms with Gasteiger partial charge in [0, 0.05) is 47.0 Å². The molecule has 0 aliphatic carbocycles. The van der Waals surface area contributed by atoms with E-state index in [9.17, 15) is 9.59 Å². The predicted octanol–water partition coefficient (Wildman–Crippen LogP) is 5.63. The van der Waals surface area contributed by atoms with Gasteiger partial charge in [0.15, 0.2) is 0 Å². The van der Waals surface area contributed by atoms with Gasteiger partial charge in [0.2, 0.25) is 0 Å². The second-order valence-electron chi connectivity index (χ2n) is 6.43. The molecule has 0 N–H and O–H groups in total. The maximum atomic E-state index is 10.9. The molecule has 0 aromatic heterocycles. The number of hydrogen-bond donors (Lipinski definition) is 0. The van der Waals surface area contributed by atoms with Crippen molar-refractivity contribution < 1.29 is 9.59 Å². The van der Waals surface area contributed by atoms with Crippen LogP contribution in [0, 0.1) is 0 Å². The molecule has 28 heavy (non-hydrogen) atoms. The van der Waals surface area contributed by atoms with Gasteiger partial charge in [0.1, 0.15) is 12.6 Å². The minimum Gasteiger partial charge on any atom is -0.342 e. The molecule has 3 aromatic rings. The van der Waals surface area contributed by atoms with Crippen molar-refractivity contribution in [2.24, 2.45) is 0 Å². The van der Waals surface area contributed by atoms with Crippen LogP contribution >= 0.6 is 0 Å². The number of hydrogen-bond acceptors (Lipinski definition) is 4. The van der Waals surface area contributed by atoms with Gasteiger partial charge >= 0.3 is 0 Å². The fourth-order valence-electron chi connectivity index (χ4n) is 3.32. The Bertz CT molecular complexity index is 859. The zero-order valence-electron chi connectivity index (χ0n) is 16.2. The molecule has 4 nitrogen and oxygen atoms in total. The normalized spacial score (nSPS) is 10.4. The fourth-order valence-corrected chi connectivity index (χ4v) is 3.32. The van der Waals surface area contributed by atoms with E-state index in [-0.39, 0.29) is 0 Å². The van der Waals surface area contributed by atoms with Crippen LogP contribution in [-0.4, -0.2) is 25.7 Å². The molecule has 0 saturated carbocycles. The van der Waals surface area contributed by atoms with Crippen LogP contribution in [0.5, 0.6) is 0 Å². The van der Waals surface area contributed by atoms with E-state index in [1.54, 1.807) is 0 Å². The van der Waals surface area contributed by atoms with Gasteiger partial charge in [-0.25, -0.2) is 0 Å². The van der Waals surface area contributed by atoms with E-state index in [4.69, 9.17) is 0 Å². The van der Waals surface area contributed by atoms with Crippen LogP contribution < -0.4 is 9.80 Å². The number of benzene rings is 3. The molecule has 0 heterocycles. The Morgan fingerprint density at radius 3 is 1.32 bits per heavy atom. The summed E-state index contributed by atoms with van der Waals surface area (Å²) in [6.07, 6.45) is 1.71. The Morgan fingerprint density at radius 2 is 1.00 bits per heavy atom. The summed E-state index contributed by atoms with van der Waals surface area (Å²) in [5.41, 5.74) is 5.60. The summed E-state index contributed by atoms with van der Waals surface area (Å²) in [7, 11) is 0. The van der Waals surface area contributed by atoms with Crippen LogP contribution in [0.15, 0.2) is 72.8 Å². The number of aldehydes is 2. The zero-order chi connectivity index (χ0) is 19.9. The number of rotatable bonds is 8. The molecule has 3 aromatic carbocycles. The van der Waals surface area contributed by atoms with E-state index in [0.717, 1.165) is 48.4 Å². The maximum Gasteiger partial charge on any atom is 0.150 e. The summed E-state index contributed by atoms with van der Waals surface area (Å²) in [6, 6.07) is 23.6. The van der Waals surface area contributed by atoms with Crippen molar-refractivity contribution in [1.29, 1.82) is 0 Å². The molecule has 0 amide bonds. The van der Waals surface area contributed by atoms with Gasteiger partial charge in [-0.05, 0) is 80.6 Å². The van der Waals surface area contributed by atoms with E-state index in [2.05, 4.69) is 47.9 Å². The Labute approximate surface area is 166 Å². The zero-order valence-corrected chi connectivity index (χ0v) is 16.2. The molecule has 3 rings (SSSR count). The molecular formula is C24H24N2O2. The summed E-state index contributed by atoms with van der Waals surface area (Å²) in [4.78, 5) is 26.3. The molecule has 0 fully saturated rings. The molecular weight excluding hydrogens is 348 g/mol. The fraction of sp³-hybridized carbons (Fsp3) is 0.167. The highest BCUT2D eigenvalue weighted by Gasteiger charge is 2.12. The highest BCUT2D eigenvalue weighted by Crippen LogP contribution is 2.32. The first kappa shape index (κ1) is 19.4. The van der Waals surface area contributed by atoms with E-state index < -0.39 is 0 Å². The predicted molar refractivity (Wildman–Crippen MR) is 115 cm³/mol. The standard InChI is InChI=1S/C24H24N2O2/c1-3-25(21-12-8-19(17-27)9-13-21)23-6-5-7-24(16-23)26(4-2)22-14-10-20(18-28)11-15-22/h5-18H,3-4H2,1-2H3. The second kappa shape index (κ2) is 9.00. The maximum absolute atomic E-state index is 10.9. The van der Waals surface area contributed by atoms with E-state index >= 15 is 0 Å². The average molecular weight is 372 g/mol. The molecule has 0 unspecified atom stereocenters. The topological polar surface area (TPSA) is 40.6 Å². The van der Waals surface area contributed by atoms with Gasteiger partial charge in [-0.15, -0.1) is 0 Å². The third-order valence-corrected chi connectivity index (χ3v) is 4.77. The Hall–Kier alpha value is -3.40. The lowest BCUT2D eigenvalue weighted by Gasteiger charge is -2.27. The summed E-state index contributed by atoms with van der Waals surface area (Å²) in [5.74, 6) is 0. The van der Waals surface area contributed by atoms with Crippen LogP contribution in [0.1, 0.15) is 34.6 Å². The smallest absolute Gasteiger partial charge is 0.150 e. The van der Waals surface area contributed by atoms with Gasteiger partial charge in [0.05, 0.1) is 0 Å². The van der Waals surface area contributed by atoms with Crippen LogP contribution in [0.4, 0.5) is 22.7 Å². The van der Waals surface area contributed by atoms with Gasteiger partial charge in [0.25, 0.3) is 0 Å². The van der Waals surface area contributed by atoms with Gasteiger partial charge < -0.3 is 9.80 Å².